The molecule has 1 aliphatic carbocycles. The summed E-state index contributed by atoms with van der Waals surface area (Å²) in [6.45, 7) is 9.42. The first-order valence-electron chi connectivity index (χ1n) is 7.55. The van der Waals surface area contributed by atoms with Crippen molar-refractivity contribution in [1.82, 2.24) is 4.90 Å². The molecule has 98 valence electrons. The molecule has 2 unspecified atom stereocenters. The van der Waals surface area contributed by atoms with Crippen LogP contribution in [0.3, 0.4) is 0 Å². The number of aryl methyl sites for hydroxylation is 1. The first-order chi connectivity index (χ1) is 8.72. The number of benzene rings is 1. The number of fused-ring (bicyclic) bond motifs is 3. The van der Waals surface area contributed by atoms with Crippen LogP contribution in [-0.4, -0.2) is 24.0 Å². The van der Waals surface area contributed by atoms with Gasteiger partial charge in [0.2, 0.25) is 0 Å². The topological polar surface area (TPSA) is 3.24 Å². The van der Waals surface area contributed by atoms with Crippen LogP contribution in [0.25, 0.3) is 0 Å². The summed E-state index contributed by atoms with van der Waals surface area (Å²) in [4.78, 5) is 2.71. The van der Waals surface area contributed by atoms with Gasteiger partial charge in [-0.25, -0.2) is 0 Å². The van der Waals surface area contributed by atoms with Crippen LogP contribution >= 0.6 is 0 Å². The van der Waals surface area contributed by atoms with E-state index in [0.717, 1.165) is 12.0 Å². The maximum atomic E-state index is 2.71. The molecule has 0 saturated carbocycles. The van der Waals surface area contributed by atoms with Crippen LogP contribution in [0.15, 0.2) is 12.1 Å². The third-order valence-corrected chi connectivity index (χ3v) is 5.30. The van der Waals surface area contributed by atoms with Gasteiger partial charge < -0.3 is 4.90 Å². The number of hydrogen-bond donors (Lipinski definition) is 0. The van der Waals surface area contributed by atoms with Crippen LogP contribution < -0.4 is 0 Å². The molecule has 0 amide bonds. The Morgan fingerprint density at radius 2 is 2.06 bits per heavy atom. The van der Waals surface area contributed by atoms with Crippen LogP contribution in [0.5, 0.6) is 0 Å². The highest BCUT2D eigenvalue weighted by Crippen LogP contribution is 2.41. The highest BCUT2D eigenvalue weighted by molar-refractivity contribution is 5.44. The minimum absolute atomic E-state index is 0.807. The summed E-state index contributed by atoms with van der Waals surface area (Å²) in [5.74, 6) is 0.807. The average Bonchev–Trinajstić information content (AvgIpc) is 2.41. The first-order valence-corrected chi connectivity index (χ1v) is 7.55. The van der Waals surface area contributed by atoms with Crippen molar-refractivity contribution >= 4 is 0 Å². The van der Waals surface area contributed by atoms with Crippen LogP contribution in [-0.2, 0) is 6.42 Å². The maximum absolute atomic E-state index is 2.71. The van der Waals surface area contributed by atoms with E-state index in [0.29, 0.717) is 0 Å². The highest BCUT2D eigenvalue weighted by atomic mass is 15.2. The van der Waals surface area contributed by atoms with Crippen molar-refractivity contribution in [2.24, 2.45) is 0 Å². The second-order valence-corrected chi connectivity index (χ2v) is 6.06. The van der Waals surface area contributed by atoms with E-state index in [9.17, 15) is 0 Å². The van der Waals surface area contributed by atoms with Gasteiger partial charge in [0.15, 0.2) is 0 Å². The quantitative estimate of drug-likeness (QED) is 0.725. The Balaban J connectivity index is 2.00. The Kier molecular flexibility index (Phi) is 3.19. The van der Waals surface area contributed by atoms with Crippen molar-refractivity contribution in [2.75, 3.05) is 13.1 Å². The molecule has 0 spiro atoms. The summed E-state index contributed by atoms with van der Waals surface area (Å²) < 4.78 is 0. The van der Waals surface area contributed by atoms with Gasteiger partial charge in [0.25, 0.3) is 0 Å². The third kappa shape index (κ3) is 1.80. The van der Waals surface area contributed by atoms with Crippen molar-refractivity contribution in [1.29, 1.82) is 0 Å². The predicted octanol–water partition coefficient (Wildman–Crippen LogP) is 3.82. The Hall–Kier alpha value is -0.820. The molecule has 1 aliphatic heterocycles. The van der Waals surface area contributed by atoms with Crippen LogP contribution in [0, 0.1) is 13.8 Å². The van der Waals surface area contributed by atoms with Crippen molar-refractivity contribution < 1.29 is 0 Å². The summed E-state index contributed by atoms with van der Waals surface area (Å²) in [6.07, 6.45) is 5.44. The van der Waals surface area contributed by atoms with E-state index in [2.05, 4.69) is 37.8 Å². The lowest BCUT2D eigenvalue weighted by molar-refractivity contribution is 0.119. The summed E-state index contributed by atoms with van der Waals surface area (Å²) in [6, 6.07) is 5.58. The van der Waals surface area contributed by atoms with Crippen LogP contribution in [0.2, 0.25) is 0 Å². The minimum atomic E-state index is 0.807. The number of piperidine rings is 1. The second-order valence-electron chi connectivity index (χ2n) is 6.06. The molecule has 1 nitrogen and oxygen atoms in total. The lowest BCUT2D eigenvalue weighted by atomic mass is 9.72. The second kappa shape index (κ2) is 4.70. The Labute approximate surface area is 111 Å². The Morgan fingerprint density at radius 3 is 2.83 bits per heavy atom. The molecule has 0 bridgehead atoms. The molecule has 1 saturated heterocycles. The molecule has 0 radical (unpaired) electrons. The standard InChI is InChI=1S/C17H25N/c1-4-18-11-5-6-16-15-8-7-12(2)13(3)14(15)9-10-17(16)18/h7-8,16-17H,4-6,9-11H2,1-3H3. The molecule has 1 heteroatoms. The van der Waals surface area contributed by atoms with E-state index in [1.54, 1.807) is 16.7 Å². The number of likely N-dealkylation sites (tertiary alicyclic amines) is 1. The zero-order chi connectivity index (χ0) is 12.7. The van der Waals surface area contributed by atoms with Crippen molar-refractivity contribution in [2.45, 2.75) is 58.4 Å². The van der Waals surface area contributed by atoms with Crippen molar-refractivity contribution in [3.63, 3.8) is 0 Å². The van der Waals surface area contributed by atoms with Gasteiger partial charge in [-0.1, -0.05) is 19.1 Å². The fourth-order valence-electron chi connectivity index (χ4n) is 4.13. The van der Waals surface area contributed by atoms with Crippen LogP contribution in [0.1, 0.15) is 54.4 Å². The number of likely N-dealkylation sites (N-methyl/N-ethyl adjacent to an activating group) is 1. The summed E-state index contributed by atoms with van der Waals surface area (Å²) in [5, 5.41) is 0. The monoisotopic (exact) mass is 243 g/mol. The van der Waals surface area contributed by atoms with Crippen molar-refractivity contribution in [3.8, 4) is 0 Å². The Bertz CT molecular complexity index is 449. The third-order valence-electron chi connectivity index (χ3n) is 5.30. The fraction of sp³-hybridized carbons (Fsp3) is 0.647. The minimum Gasteiger partial charge on any atom is -0.300 e. The maximum Gasteiger partial charge on any atom is 0.0167 e. The molecule has 1 heterocycles. The average molecular weight is 243 g/mol. The van der Waals surface area contributed by atoms with Crippen molar-refractivity contribution in [3.05, 3.63) is 34.4 Å². The van der Waals surface area contributed by atoms with Crippen LogP contribution in [0.4, 0.5) is 0 Å². The summed E-state index contributed by atoms with van der Waals surface area (Å²) in [7, 11) is 0. The summed E-state index contributed by atoms with van der Waals surface area (Å²) in [5.41, 5.74) is 6.37. The number of rotatable bonds is 1. The lowest BCUT2D eigenvalue weighted by Crippen LogP contribution is -2.46. The zero-order valence-electron chi connectivity index (χ0n) is 12.0. The van der Waals surface area contributed by atoms with Gasteiger partial charge in [0, 0.05) is 6.04 Å². The molecular formula is C17H25N. The number of nitrogens with zero attached hydrogens (tertiary/aromatic N) is 1. The Morgan fingerprint density at radius 1 is 1.22 bits per heavy atom. The molecule has 1 fully saturated rings. The molecule has 3 rings (SSSR count). The molecule has 18 heavy (non-hydrogen) atoms. The van der Waals surface area contributed by atoms with E-state index in [-0.39, 0.29) is 0 Å². The smallest absolute Gasteiger partial charge is 0.0167 e. The normalized spacial score (nSPS) is 27.7. The predicted molar refractivity (Wildman–Crippen MR) is 77.2 cm³/mol. The fourth-order valence-corrected chi connectivity index (χ4v) is 4.13. The molecular weight excluding hydrogens is 218 g/mol. The van der Waals surface area contributed by atoms with Gasteiger partial charge >= 0.3 is 0 Å². The molecule has 2 atom stereocenters. The number of hydrogen-bond acceptors (Lipinski definition) is 1. The van der Waals surface area contributed by atoms with E-state index >= 15 is 0 Å². The van der Waals surface area contributed by atoms with Gasteiger partial charge in [-0.05, 0) is 80.8 Å². The molecule has 0 N–H and O–H groups in total. The van der Waals surface area contributed by atoms with E-state index in [1.165, 1.54) is 44.3 Å². The SMILES string of the molecule is CCN1CCCC2c3ccc(C)c(C)c3CCC21. The molecule has 0 aromatic heterocycles. The van der Waals surface area contributed by atoms with Gasteiger partial charge in [0.1, 0.15) is 0 Å². The molecule has 2 aliphatic rings. The van der Waals surface area contributed by atoms with Gasteiger partial charge in [-0.2, -0.15) is 0 Å². The summed E-state index contributed by atoms with van der Waals surface area (Å²) >= 11 is 0. The van der Waals surface area contributed by atoms with E-state index < -0.39 is 0 Å². The lowest BCUT2D eigenvalue weighted by Gasteiger charge is -2.45. The first kappa shape index (κ1) is 12.2. The van der Waals surface area contributed by atoms with E-state index in [1.807, 2.05) is 0 Å². The largest absolute Gasteiger partial charge is 0.300 e. The zero-order valence-corrected chi connectivity index (χ0v) is 12.0. The molecule has 1 aromatic rings. The van der Waals surface area contributed by atoms with Gasteiger partial charge in [0.05, 0.1) is 0 Å². The van der Waals surface area contributed by atoms with Gasteiger partial charge in [-0.15, -0.1) is 0 Å². The van der Waals surface area contributed by atoms with E-state index in [4.69, 9.17) is 0 Å². The highest BCUT2D eigenvalue weighted by Gasteiger charge is 2.35. The van der Waals surface area contributed by atoms with Gasteiger partial charge in [-0.3, -0.25) is 0 Å². The molecule has 1 aromatic carbocycles.